The highest BCUT2D eigenvalue weighted by atomic mass is 16.5. The Morgan fingerprint density at radius 3 is 2.12 bits per heavy atom. The topological polar surface area (TPSA) is 188 Å². The molecule has 8 N–H and O–H groups in total. The van der Waals surface area contributed by atoms with Crippen molar-refractivity contribution in [3.8, 4) is 23.0 Å². The van der Waals surface area contributed by atoms with E-state index in [0.29, 0.717) is 11.1 Å². The third-order valence-corrected chi connectivity index (χ3v) is 5.71. The maximum absolute atomic E-state index is 12.9. The number of carbonyl (C=O) groups excluding carboxylic acids is 1. The third-order valence-electron chi connectivity index (χ3n) is 5.71. The van der Waals surface area contributed by atoms with Crippen LogP contribution in [0.25, 0.3) is 6.08 Å². The summed E-state index contributed by atoms with van der Waals surface area (Å²) in [5.74, 6) is -2.47. The first-order valence-corrected chi connectivity index (χ1v) is 10.2. The number of ketones is 1. The van der Waals surface area contributed by atoms with Crippen LogP contribution in [-0.2, 0) is 16.0 Å². The van der Waals surface area contributed by atoms with Gasteiger partial charge >= 0.3 is 0 Å². The van der Waals surface area contributed by atoms with Gasteiger partial charge in [0.15, 0.2) is 34.4 Å². The third kappa shape index (κ3) is 4.95. The fraction of sp³-hybridized carbons (Fsp3) is 0.348. The van der Waals surface area contributed by atoms with Crippen LogP contribution in [0.15, 0.2) is 42.5 Å². The molecule has 0 spiro atoms. The van der Waals surface area contributed by atoms with Crippen LogP contribution in [0.1, 0.15) is 17.5 Å². The number of ether oxygens (including phenoxy) is 1. The summed E-state index contributed by atoms with van der Waals surface area (Å²) in [6.07, 6.45) is -3.89. The van der Waals surface area contributed by atoms with Crippen LogP contribution < -0.4 is 0 Å². The highest BCUT2D eigenvalue weighted by Gasteiger charge is 2.58. The molecule has 1 heterocycles. The second-order valence-electron chi connectivity index (χ2n) is 7.92. The number of rotatable bonds is 7. The van der Waals surface area contributed by atoms with Gasteiger partial charge in [-0.25, -0.2) is 0 Å². The SMILES string of the molecule is O=C(C=Cc1ccc(O)c(O)c1)[C@]1(O)[C@H](O)[C@@H](CO)OC(CCc2ccc(O)c(O)c2)[C@@H]1O. The monoisotopic (exact) mass is 462 g/mol. The molecule has 178 valence electrons. The molecule has 0 bridgehead atoms. The molecule has 1 fully saturated rings. The van der Waals surface area contributed by atoms with Crippen molar-refractivity contribution in [3.63, 3.8) is 0 Å². The molecule has 0 amide bonds. The van der Waals surface area contributed by atoms with Crippen molar-refractivity contribution >= 4 is 11.9 Å². The summed E-state index contributed by atoms with van der Waals surface area (Å²) >= 11 is 0. The molecule has 0 radical (unpaired) electrons. The zero-order valence-corrected chi connectivity index (χ0v) is 17.4. The van der Waals surface area contributed by atoms with Gasteiger partial charge in [-0.3, -0.25) is 4.79 Å². The highest BCUT2D eigenvalue weighted by Crippen LogP contribution is 2.34. The molecule has 1 aliphatic rings. The Morgan fingerprint density at radius 2 is 1.52 bits per heavy atom. The summed E-state index contributed by atoms with van der Waals surface area (Å²) in [5.41, 5.74) is -1.81. The number of hydrogen-bond acceptors (Lipinski definition) is 10. The van der Waals surface area contributed by atoms with Crippen molar-refractivity contribution in [3.05, 3.63) is 53.6 Å². The summed E-state index contributed by atoms with van der Waals surface area (Å²) in [7, 11) is 0. The van der Waals surface area contributed by atoms with E-state index in [1.54, 1.807) is 0 Å². The van der Waals surface area contributed by atoms with Gasteiger partial charge in [0.05, 0.1) is 12.7 Å². The summed E-state index contributed by atoms with van der Waals surface area (Å²) in [6.45, 7) is -0.727. The fourth-order valence-corrected chi connectivity index (χ4v) is 3.76. The zero-order chi connectivity index (χ0) is 24.3. The summed E-state index contributed by atoms with van der Waals surface area (Å²) in [4.78, 5) is 12.9. The Morgan fingerprint density at radius 1 is 0.909 bits per heavy atom. The lowest BCUT2D eigenvalue weighted by Crippen LogP contribution is -2.70. The van der Waals surface area contributed by atoms with Gasteiger partial charge < -0.3 is 45.6 Å². The van der Waals surface area contributed by atoms with Gasteiger partial charge in [0.1, 0.15) is 18.3 Å². The normalized spacial score (nSPS) is 27.6. The maximum Gasteiger partial charge on any atom is 0.192 e. The van der Waals surface area contributed by atoms with Crippen LogP contribution in [0.3, 0.4) is 0 Å². The summed E-state index contributed by atoms with van der Waals surface area (Å²) < 4.78 is 5.51. The Hall–Kier alpha value is -3.15. The average molecular weight is 462 g/mol. The van der Waals surface area contributed by atoms with Crippen LogP contribution in [0, 0.1) is 0 Å². The molecular formula is C23H26O10. The van der Waals surface area contributed by atoms with Gasteiger partial charge in [-0.05, 0) is 54.3 Å². The molecule has 0 saturated carbocycles. The first-order valence-electron chi connectivity index (χ1n) is 10.2. The van der Waals surface area contributed by atoms with E-state index >= 15 is 0 Å². The molecule has 3 rings (SSSR count). The second kappa shape index (κ2) is 9.77. The van der Waals surface area contributed by atoms with Crippen LogP contribution in [0.2, 0.25) is 0 Å². The number of benzene rings is 2. The van der Waals surface area contributed by atoms with Gasteiger partial charge in [0, 0.05) is 0 Å². The molecule has 33 heavy (non-hydrogen) atoms. The van der Waals surface area contributed by atoms with Crippen LogP contribution >= 0.6 is 0 Å². The molecular weight excluding hydrogens is 436 g/mol. The minimum atomic E-state index is -2.69. The first kappa shape index (κ1) is 24.5. The zero-order valence-electron chi connectivity index (χ0n) is 17.4. The van der Waals surface area contributed by atoms with Crippen molar-refractivity contribution in [1.29, 1.82) is 0 Å². The average Bonchev–Trinajstić information content (AvgIpc) is 2.79. The highest BCUT2D eigenvalue weighted by molar-refractivity contribution is 6.01. The molecule has 2 aromatic rings. The molecule has 10 heteroatoms. The van der Waals surface area contributed by atoms with Crippen LogP contribution in [0.4, 0.5) is 0 Å². The smallest absolute Gasteiger partial charge is 0.192 e. The molecule has 2 aromatic carbocycles. The predicted molar refractivity (Wildman–Crippen MR) is 115 cm³/mol. The van der Waals surface area contributed by atoms with Gasteiger partial charge in [0.2, 0.25) is 0 Å². The summed E-state index contributed by atoms with van der Waals surface area (Å²) in [6, 6.07) is 7.91. The van der Waals surface area contributed by atoms with Gasteiger partial charge in [-0.2, -0.15) is 0 Å². The van der Waals surface area contributed by atoms with Crippen molar-refractivity contribution < 1.29 is 50.4 Å². The van der Waals surface area contributed by atoms with Crippen molar-refractivity contribution in [1.82, 2.24) is 0 Å². The lowest BCUT2D eigenvalue weighted by atomic mass is 9.77. The molecule has 1 aliphatic heterocycles. The fourth-order valence-electron chi connectivity index (χ4n) is 3.76. The molecule has 10 nitrogen and oxygen atoms in total. The number of aliphatic hydroxyl groups is 4. The molecule has 5 atom stereocenters. The van der Waals surface area contributed by atoms with E-state index in [2.05, 4.69) is 0 Å². The summed E-state index contributed by atoms with van der Waals surface area (Å²) in [5, 5.41) is 79.9. The Kier molecular flexibility index (Phi) is 7.25. The number of hydrogen-bond donors (Lipinski definition) is 8. The van der Waals surface area contributed by atoms with E-state index in [-0.39, 0.29) is 30.1 Å². The van der Waals surface area contributed by atoms with Gasteiger partial charge in [-0.15, -0.1) is 0 Å². The molecule has 1 saturated heterocycles. The van der Waals surface area contributed by atoms with Crippen molar-refractivity contribution in [2.24, 2.45) is 0 Å². The largest absolute Gasteiger partial charge is 0.504 e. The van der Waals surface area contributed by atoms with Gasteiger partial charge in [0.25, 0.3) is 0 Å². The van der Waals surface area contributed by atoms with E-state index in [4.69, 9.17) is 4.74 Å². The Bertz CT molecular complexity index is 1040. The quantitative estimate of drug-likeness (QED) is 0.204. The van der Waals surface area contributed by atoms with E-state index in [1.807, 2.05) is 0 Å². The molecule has 0 aromatic heterocycles. The lowest BCUT2D eigenvalue weighted by Gasteiger charge is -2.46. The van der Waals surface area contributed by atoms with Crippen LogP contribution in [-0.4, -0.2) is 83.3 Å². The van der Waals surface area contributed by atoms with Crippen LogP contribution in [0.5, 0.6) is 23.0 Å². The number of aromatic hydroxyl groups is 4. The minimum Gasteiger partial charge on any atom is -0.504 e. The van der Waals surface area contributed by atoms with Gasteiger partial charge in [-0.1, -0.05) is 18.2 Å². The number of phenols is 4. The van der Waals surface area contributed by atoms with E-state index in [1.165, 1.54) is 42.5 Å². The predicted octanol–water partition coefficient (Wildman–Crippen LogP) is -0.0633. The van der Waals surface area contributed by atoms with E-state index in [0.717, 1.165) is 6.08 Å². The lowest BCUT2D eigenvalue weighted by molar-refractivity contribution is -0.264. The maximum atomic E-state index is 12.9. The first-order chi connectivity index (χ1) is 15.6. The van der Waals surface area contributed by atoms with Crippen molar-refractivity contribution in [2.45, 2.75) is 42.9 Å². The van der Waals surface area contributed by atoms with E-state index < -0.39 is 48.2 Å². The number of aliphatic hydroxyl groups excluding tert-OH is 3. The second-order valence-corrected chi connectivity index (χ2v) is 7.92. The minimum absolute atomic E-state index is 0.0553. The molecule has 1 unspecified atom stereocenters. The van der Waals surface area contributed by atoms with E-state index in [9.17, 15) is 45.6 Å². The van der Waals surface area contributed by atoms with Crippen molar-refractivity contribution in [2.75, 3.05) is 6.61 Å². The Labute approximate surface area is 188 Å². The number of phenolic OH excluding ortho intramolecular Hbond substituents is 4. The number of aryl methyl sites for hydroxylation is 1. The Balaban J connectivity index is 1.81. The standard InChI is InChI=1S/C23H26O10/c24-11-19-22(31)23(32,20(29)8-4-13-2-6-15(26)17(28)10-13)21(30)18(33-19)7-3-12-1-5-14(25)16(27)9-12/h1-2,4-6,8-10,18-19,21-22,24-28,30-32H,3,7,11H2/t18?,19-,21+,22-,23-/m1/s1. The number of carbonyl (C=O) groups is 1. The molecule has 0 aliphatic carbocycles.